The van der Waals surface area contributed by atoms with Crippen LogP contribution in [0, 0.1) is 33.6 Å². The molecule has 0 unspecified atom stereocenters. The second-order valence-corrected chi connectivity index (χ2v) is 19.5. The normalized spacial score (nSPS) is 29.0. The summed E-state index contributed by atoms with van der Waals surface area (Å²) < 4.78 is 30.8. The Kier molecular flexibility index (Phi) is 14.0. The molecule has 2 aliphatic carbocycles. The number of aliphatic hydroxyl groups is 2. The maximum absolute atomic E-state index is 15.4. The standard InChI is InChI=1S/C23H22Cl2FN3O4.C23H24Cl2FN3O2.In.3H/c24-13-6-7-15-17(10-13)27-22(31)23(15)19(14-2-1-3-16(25)20(14)26)21(29(32)33)18(8-9-30)28(23)11-12-4-5-12;24-13-6-7-15-17(10-13)28-22(31)23(15)19(14-2-1-3-16(25)20(14)26)21(27)18(8-9-30)29(23)11-12-4-5-12;;;;/h1-3,6-7,10,12,18-19,21,30H,4-5,8-9,11H2,(H,27,31);1-3,6-7,10,12,18-19,21,30H,4-5,8-9,11,27H2,(H,28,31);;;;/t2*18-,19-,21+,23+;;;;/m00..../s1. The fourth-order valence-electron chi connectivity index (χ4n) is 11.3. The van der Waals surface area contributed by atoms with Crippen LogP contribution in [0.1, 0.15) is 72.6 Å². The number of hydrogen-bond donors (Lipinski definition) is 5. The molecule has 10 rings (SSSR count). The molecule has 4 fully saturated rings. The molecule has 8 atom stereocenters. The van der Waals surface area contributed by atoms with E-state index in [-0.39, 0.29) is 79.0 Å². The number of hydrogen-bond acceptors (Lipinski definition) is 9. The molecule has 2 spiro atoms. The number of nitrogens with one attached hydrogen (secondary N) is 2. The summed E-state index contributed by atoms with van der Waals surface area (Å²) in [6.07, 6.45) is 4.54. The molecule has 2 saturated heterocycles. The third kappa shape index (κ3) is 7.96. The number of rotatable bonds is 11. The molecule has 6 N–H and O–H groups in total. The van der Waals surface area contributed by atoms with Gasteiger partial charge in [-0.3, -0.25) is 29.5 Å². The van der Waals surface area contributed by atoms with Crippen LogP contribution >= 0.6 is 46.4 Å². The molecule has 4 aliphatic heterocycles. The van der Waals surface area contributed by atoms with E-state index < -0.39 is 63.5 Å². The van der Waals surface area contributed by atoms with Crippen molar-refractivity contribution < 1.29 is 33.5 Å². The monoisotopic (exact) mass is 1070 g/mol. The number of amides is 2. The Morgan fingerprint density at radius 3 is 1.58 bits per heavy atom. The first-order chi connectivity index (χ1) is 30.7. The number of nitro groups is 1. The van der Waals surface area contributed by atoms with Gasteiger partial charge in [0.05, 0.1) is 22.0 Å². The Balaban J connectivity index is 0.000000175. The molecule has 12 nitrogen and oxygen atoms in total. The van der Waals surface area contributed by atoms with Crippen molar-refractivity contribution in [3.05, 3.63) is 137 Å². The van der Waals surface area contributed by atoms with E-state index in [4.69, 9.17) is 52.1 Å². The molecule has 2 saturated carbocycles. The quantitative estimate of drug-likeness (QED) is 0.0794. The Labute approximate surface area is 413 Å². The first kappa shape index (κ1) is 48.4. The number of halogens is 6. The van der Waals surface area contributed by atoms with Crippen LogP contribution in [0.3, 0.4) is 0 Å². The number of nitrogens with two attached hydrogens (primary N) is 1. The molecule has 4 aromatic carbocycles. The first-order valence-electron chi connectivity index (χ1n) is 21.4. The molecule has 0 bridgehead atoms. The van der Waals surface area contributed by atoms with Gasteiger partial charge in [-0.1, -0.05) is 82.8 Å². The number of carbonyl (C=O) groups excluding carboxylic acids is 2. The predicted molar refractivity (Wildman–Crippen MR) is 250 cm³/mol. The Morgan fingerprint density at radius 2 is 1.14 bits per heavy atom. The summed E-state index contributed by atoms with van der Waals surface area (Å²) in [4.78, 5) is 43.7. The van der Waals surface area contributed by atoms with E-state index in [0.717, 1.165) is 31.2 Å². The molecule has 4 heterocycles. The van der Waals surface area contributed by atoms with Gasteiger partial charge in [-0.25, -0.2) is 8.78 Å². The van der Waals surface area contributed by atoms with Gasteiger partial charge in [0.1, 0.15) is 22.7 Å². The van der Waals surface area contributed by atoms with Crippen molar-refractivity contribution in [1.82, 2.24) is 9.80 Å². The van der Waals surface area contributed by atoms with Crippen molar-refractivity contribution in [2.45, 2.75) is 85.6 Å². The molecule has 4 aromatic rings. The average molecular weight is 1080 g/mol. The molecule has 0 aromatic heterocycles. The summed E-state index contributed by atoms with van der Waals surface area (Å²) in [7, 11) is 0. The van der Waals surface area contributed by atoms with Crippen LogP contribution in [0.5, 0.6) is 0 Å². The molecule has 6 aliphatic rings. The van der Waals surface area contributed by atoms with Crippen molar-refractivity contribution in [2.24, 2.45) is 17.6 Å². The number of anilines is 2. The molecular weight excluding hydrogens is 1030 g/mol. The average Bonchev–Trinajstić information content (AvgIpc) is 4.17. The number of fused-ring (bicyclic) bond motifs is 4. The van der Waals surface area contributed by atoms with Crippen molar-refractivity contribution >= 4 is 95.4 Å². The van der Waals surface area contributed by atoms with Crippen molar-refractivity contribution in [2.75, 3.05) is 36.9 Å². The van der Waals surface area contributed by atoms with Crippen LogP contribution < -0.4 is 16.4 Å². The second kappa shape index (κ2) is 18.8. The summed E-state index contributed by atoms with van der Waals surface area (Å²) in [5.41, 5.74) is 6.71. The van der Waals surface area contributed by atoms with E-state index >= 15 is 8.78 Å². The fraction of sp³-hybridized carbons (Fsp3) is 0.435. The van der Waals surface area contributed by atoms with Crippen molar-refractivity contribution in [1.29, 1.82) is 0 Å². The van der Waals surface area contributed by atoms with Gasteiger partial charge in [-0.2, -0.15) is 0 Å². The predicted octanol–water partition coefficient (Wildman–Crippen LogP) is 6.87. The molecule has 344 valence electrons. The molecule has 19 heteroatoms. The van der Waals surface area contributed by atoms with Gasteiger partial charge in [0.15, 0.2) is 0 Å². The minimum atomic E-state index is -1.54. The topological polar surface area (TPSA) is 174 Å². The van der Waals surface area contributed by atoms with Crippen LogP contribution in [0.15, 0.2) is 72.8 Å². The van der Waals surface area contributed by atoms with Crippen molar-refractivity contribution in [3.63, 3.8) is 0 Å². The van der Waals surface area contributed by atoms with E-state index in [1.165, 1.54) is 24.3 Å². The molecular formula is C46H49Cl4F2InN6O6. The Bertz CT molecular complexity index is 2540. The number of aliphatic hydroxyl groups excluding tert-OH is 2. The molecule has 2 amide bonds. The van der Waals surface area contributed by atoms with E-state index in [1.807, 2.05) is 11.0 Å². The number of nitrogens with zero attached hydrogens (tertiary/aromatic N) is 3. The number of likely N-dealkylation sites (tertiary alicyclic amines) is 2. The van der Waals surface area contributed by atoms with Gasteiger partial charge >= 0.3 is 25.8 Å². The maximum atomic E-state index is 15.4. The second-order valence-electron chi connectivity index (χ2n) is 17.8. The third-order valence-electron chi connectivity index (χ3n) is 14.2. The number of benzene rings is 4. The molecule has 65 heavy (non-hydrogen) atoms. The number of carbonyl (C=O) groups is 2. The van der Waals surface area contributed by atoms with Crippen LogP contribution in [-0.4, -0.2) is 113 Å². The molecule has 0 radical (unpaired) electrons. The zero-order valence-corrected chi connectivity index (χ0v) is 37.4. The van der Waals surface area contributed by atoms with Gasteiger partial charge in [0, 0.05) is 87.3 Å². The summed E-state index contributed by atoms with van der Waals surface area (Å²) in [6.45, 7) is 0.720. The zero-order valence-electron chi connectivity index (χ0n) is 34.3. The van der Waals surface area contributed by atoms with Crippen LogP contribution in [0.4, 0.5) is 20.2 Å². The van der Waals surface area contributed by atoms with Gasteiger partial charge < -0.3 is 26.6 Å². The summed E-state index contributed by atoms with van der Waals surface area (Å²) >= 11 is 24.6. The summed E-state index contributed by atoms with van der Waals surface area (Å²) in [5, 5.41) is 38.7. The van der Waals surface area contributed by atoms with E-state index in [2.05, 4.69) is 15.5 Å². The van der Waals surface area contributed by atoms with E-state index in [1.54, 1.807) is 42.5 Å². The van der Waals surface area contributed by atoms with Gasteiger partial charge in [0.2, 0.25) is 11.9 Å². The van der Waals surface area contributed by atoms with Gasteiger partial charge in [0.25, 0.3) is 5.91 Å². The van der Waals surface area contributed by atoms with Gasteiger partial charge in [-0.05, 0) is 92.3 Å². The summed E-state index contributed by atoms with van der Waals surface area (Å²) in [6, 6.07) is 16.4. The first-order valence-corrected chi connectivity index (χ1v) is 23.0. The Morgan fingerprint density at radius 1 is 0.708 bits per heavy atom. The zero-order chi connectivity index (χ0) is 45.4. The fourth-order valence-corrected chi connectivity index (χ4v) is 12.0. The van der Waals surface area contributed by atoms with Crippen LogP contribution in [-0.2, 0) is 20.7 Å². The van der Waals surface area contributed by atoms with E-state index in [9.17, 15) is 29.9 Å². The minimum absolute atomic E-state index is 0. The van der Waals surface area contributed by atoms with Gasteiger partial charge in [-0.15, -0.1) is 0 Å². The summed E-state index contributed by atoms with van der Waals surface area (Å²) in [5.74, 6) is -3.15. The SMILES string of the molecule is N[C@@H]1[C@H](CCO)N(CC2CC2)[C@@]2(C(=O)Nc3cc(Cl)ccc32)[C@H]1c1cccc(Cl)c1F.O=C1Nc2cc(Cl)ccc2[C@@]12[C@@H](c1cccc(Cl)c1F)[C@H]([N+](=O)[O-])[C@H](CCO)N2CC1CC1.[InH3]. The Hall–Kier alpha value is -3.09. The van der Waals surface area contributed by atoms with Crippen LogP contribution in [0.2, 0.25) is 20.1 Å². The third-order valence-corrected chi connectivity index (χ3v) is 15.2. The van der Waals surface area contributed by atoms with Crippen molar-refractivity contribution in [3.8, 4) is 0 Å². The van der Waals surface area contributed by atoms with E-state index in [0.29, 0.717) is 58.0 Å². The van der Waals surface area contributed by atoms with Crippen LogP contribution in [0.25, 0.3) is 0 Å².